The number of carbonyl (C=O) groups is 1. The van der Waals surface area contributed by atoms with Gasteiger partial charge >= 0.3 is 5.97 Å². The predicted octanol–water partition coefficient (Wildman–Crippen LogP) is 1.25. The van der Waals surface area contributed by atoms with Gasteiger partial charge in [-0.15, -0.1) is 0 Å². The molecule has 0 amide bonds. The van der Waals surface area contributed by atoms with Gasteiger partial charge in [0.1, 0.15) is 0 Å². The van der Waals surface area contributed by atoms with Crippen LogP contribution in [-0.2, 0) is 22.5 Å². The first kappa shape index (κ1) is 13.5. The molecule has 0 radical (unpaired) electrons. The summed E-state index contributed by atoms with van der Waals surface area (Å²) in [5, 5.41) is 2.75. The highest BCUT2D eigenvalue weighted by atomic mass is 16.5. The Labute approximate surface area is 101 Å². The average molecular weight is 240 g/mol. The number of nitrogens with one attached hydrogen (secondary N) is 1. The molecule has 0 atom stereocenters. The number of hydrogen-bond acceptors (Lipinski definition) is 3. The molecule has 1 aromatic heterocycles. The van der Waals surface area contributed by atoms with Crippen molar-refractivity contribution in [2.75, 3.05) is 6.61 Å². The van der Waals surface area contributed by atoms with Crippen LogP contribution >= 0.6 is 0 Å². The highest BCUT2D eigenvalue weighted by molar-refractivity contribution is 5.72. The molecule has 5 heteroatoms. The van der Waals surface area contributed by atoms with E-state index in [2.05, 4.69) is 18.9 Å². The van der Waals surface area contributed by atoms with Gasteiger partial charge in [0.25, 0.3) is 5.56 Å². The number of aromatic nitrogens is 2. The van der Waals surface area contributed by atoms with Crippen LogP contribution in [0.4, 0.5) is 0 Å². The van der Waals surface area contributed by atoms with Crippen molar-refractivity contribution in [3.8, 4) is 0 Å². The number of H-pyrrole nitrogens is 1. The first-order valence-corrected chi connectivity index (χ1v) is 5.89. The number of ether oxygens (including phenoxy) is 1. The van der Waals surface area contributed by atoms with Crippen LogP contribution in [0, 0.1) is 12.8 Å². The summed E-state index contributed by atoms with van der Waals surface area (Å²) in [5.74, 6) is 0.0793. The smallest absolute Gasteiger partial charge is 0.310 e. The van der Waals surface area contributed by atoms with Gasteiger partial charge in [-0.05, 0) is 19.8 Å². The van der Waals surface area contributed by atoms with E-state index in [1.165, 1.54) is 0 Å². The van der Waals surface area contributed by atoms with Gasteiger partial charge in [0, 0.05) is 12.2 Å². The lowest BCUT2D eigenvalue weighted by Gasteiger charge is -2.08. The molecule has 0 aliphatic carbocycles. The zero-order valence-electron chi connectivity index (χ0n) is 10.9. The van der Waals surface area contributed by atoms with Crippen LogP contribution in [0.15, 0.2) is 4.79 Å². The van der Waals surface area contributed by atoms with Crippen molar-refractivity contribution in [3.05, 3.63) is 21.6 Å². The van der Waals surface area contributed by atoms with Crippen molar-refractivity contribution >= 4 is 5.97 Å². The van der Waals surface area contributed by atoms with Gasteiger partial charge in [-0.25, -0.2) is 0 Å². The fraction of sp³-hybridized carbons (Fsp3) is 0.667. The Morgan fingerprint density at radius 2 is 2.12 bits per heavy atom. The summed E-state index contributed by atoms with van der Waals surface area (Å²) in [6.07, 6.45) is 0.0418. The van der Waals surface area contributed by atoms with Crippen LogP contribution in [0.2, 0.25) is 0 Å². The topological polar surface area (TPSA) is 64.1 Å². The Bertz CT molecular complexity index is 443. The summed E-state index contributed by atoms with van der Waals surface area (Å²) in [6.45, 7) is 8.81. The van der Waals surface area contributed by atoms with Crippen molar-refractivity contribution in [2.24, 2.45) is 5.92 Å². The molecule has 0 bridgehead atoms. The summed E-state index contributed by atoms with van der Waals surface area (Å²) >= 11 is 0. The van der Waals surface area contributed by atoms with E-state index in [-0.39, 0.29) is 17.9 Å². The second-order valence-electron chi connectivity index (χ2n) is 4.49. The van der Waals surface area contributed by atoms with Crippen LogP contribution in [0.3, 0.4) is 0 Å². The van der Waals surface area contributed by atoms with E-state index in [0.717, 1.165) is 12.2 Å². The molecule has 0 unspecified atom stereocenters. The normalized spacial score (nSPS) is 10.9. The number of rotatable bonds is 5. The molecule has 1 N–H and O–H groups in total. The van der Waals surface area contributed by atoms with Crippen LogP contribution in [0.1, 0.15) is 32.0 Å². The van der Waals surface area contributed by atoms with Gasteiger partial charge in [-0.2, -0.15) is 0 Å². The number of esters is 1. The molecule has 5 nitrogen and oxygen atoms in total. The third-order valence-corrected chi connectivity index (χ3v) is 2.53. The Hall–Kier alpha value is -1.52. The second kappa shape index (κ2) is 5.70. The van der Waals surface area contributed by atoms with Crippen LogP contribution in [-0.4, -0.2) is 22.4 Å². The van der Waals surface area contributed by atoms with Crippen LogP contribution in [0.5, 0.6) is 0 Å². The molecule has 0 aliphatic rings. The van der Waals surface area contributed by atoms with Crippen molar-refractivity contribution in [1.29, 1.82) is 0 Å². The van der Waals surface area contributed by atoms with Crippen molar-refractivity contribution in [1.82, 2.24) is 9.78 Å². The lowest BCUT2D eigenvalue weighted by molar-refractivity contribution is -0.142. The molecule has 1 rings (SSSR count). The molecule has 1 heterocycles. The van der Waals surface area contributed by atoms with Gasteiger partial charge in [0.2, 0.25) is 0 Å². The zero-order chi connectivity index (χ0) is 13.0. The van der Waals surface area contributed by atoms with E-state index in [4.69, 9.17) is 4.74 Å². The van der Waals surface area contributed by atoms with E-state index >= 15 is 0 Å². The van der Waals surface area contributed by atoms with E-state index < -0.39 is 0 Å². The Morgan fingerprint density at radius 1 is 1.47 bits per heavy atom. The van der Waals surface area contributed by atoms with Crippen LogP contribution in [0.25, 0.3) is 0 Å². The van der Waals surface area contributed by atoms with E-state index in [1.54, 1.807) is 11.6 Å². The molecular weight excluding hydrogens is 220 g/mol. The third kappa shape index (κ3) is 3.47. The molecule has 0 spiro atoms. The molecule has 0 saturated heterocycles. The number of hydrogen-bond donors (Lipinski definition) is 1. The molecule has 0 aromatic carbocycles. The average Bonchev–Trinajstić information content (AvgIpc) is 2.45. The second-order valence-corrected chi connectivity index (χ2v) is 4.49. The van der Waals surface area contributed by atoms with E-state index in [1.807, 2.05) is 6.92 Å². The largest absolute Gasteiger partial charge is 0.466 e. The summed E-state index contributed by atoms with van der Waals surface area (Å²) in [6, 6.07) is 0. The molecule has 1 aromatic rings. The molecular formula is C12H20N2O3. The lowest BCUT2D eigenvalue weighted by Crippen LogP contribution is -2.14. The Morgan fingerprint density at radius 3 is 2.65 bits per heavy atom. The van der Waals surface area contributed by atoms with E-state index in [0.29, 0.717) is 18.1 Å². The minimum atomic E-state index is -0.358. The minimum absolute atomic E-state index is 0.0418. The first-order chi connectivity index (χ1) is 7.95. The summed E-state index contributed by atoms with van der Waals surface area (Å²) in [4.78, 5) is 23.1. The Balaban J connectivity index is 2.89. The maximum Gasteiger partial charge on any atom is 0.310 e. The molecule has 0 saturated carbocycles. The maximum atomic E-state index is 11.7. The predicted molar refractivity (Wildman–Crippen MR) is 65.0 cm³/mol. The quantitative estimate of drug-likeness (QED) is 0.788. The zero-order valence-corrected chi connectivity index (χ0v) is 10.9. The Kier molecular flexibility index (Phi) is 4.54. The van der Waals surface area contributed by atoms with Crippen LogP contribution < -0.4 is 5.56 Å². The first-order valence-electron chi connectivity index (χ1n) is 5.89. The molecule has 96 valence electrons. The van der Waals surface area contributed by atoms with Gasteiger partial charge in [-0.1, -0.05) is 13.8 Å². The van der Waals surface area contributed by atoms with E-state index in [9.17, 15) is 9.59 Å². The number of aromatic amines is 1. The molecule has 0 fully saturated rings. The fourth-order valence-electron chi connectivity index (χ4n) is 1.71. The highest BCUT2D eigenvalue weighted by Crippen LogP contribution is 2.07. The summed E-state index contributed by atoms with van der Waals surface area (Å²) in [7, 11) is 0. The van der Waals surface area contributed by atoms with Gasteiger partial charge < -0.3 is 4.74 Å². The van der Waals surface area contributed by atoms with Crippen molar-refractivity contribution in [3.63, 3.8) is 0 Å². The summed E-state index contributed by atoms with van der Waals surface area (Å²) in [5.41, 5.74) is 1.12. The SMILES string of the molecule is CCOC(=O)Cc1c(C)n(CC(C)C)[nH]c1=O. The standard InChI is InChI=1S/C12H20N2O3/c1-5-17-11(15)6-10-9(4)14(7-8(2)3)13-12(10)16/h8H,5-7H2,1-4H3,(H,13,16). The maximum absolute atomic E-state index is 11.7. The van der Waals surface area contributed by atoms with Crippen molar-refractivity contribution < 1.29 is 9.53 Å². The summed E-state index contributed by atoms with van der Waals surface area (Å²) < 4.78 is 6.64. The van der Waals surface area contributed by atoms with Crippen molar-refractivity contribution in [2.45, 2.75) is 40.7 Å². The van der Waals surface area contributed by atoms with Gasteiger partial charge in [0.05, 0.1) is 18.6 Å². The molecule has 0 aliphatic heterocycles. The molecule has 17 heavy (non-hydrogen) atoms. The monoisotopic (exact) mass is 240 g/mol. The fourth-order valence-corrected chi connectivity index (χ4v) is 1.71. The number of carbonyl (C=O) groups excluding carboxylic acids is 1. The number of nitrogens with zero attached hydrogens (tertiary/aromatic N) is 1. The van der Waals surface area contributed by atoms with Gasteiger partial charge in [-0.3, -0.25) is 19.4 Å². The lowest BCUT2D eigenvalue weighted by atomic mass is 10.2. The highest BCUT2D eigenvalue weighted by Gasteiger charge is 2.15. The third-order valence-electron chi connectivity index (χ3n) is 2.53. The minimum Gasteiger partial charge on any atom is -0.466 e. The van der Waals surface area contributed by atoms with Gasteiger partial charge in [0.15, 0.2) is 0 Å².